The zero-order chi connectivity index (χ0) is 28.1. The summed E-state index contributed by atoms with van der Waals surface area (Å²) in [4.78, 5) is 6.25. The summed E-state index contributed by atoms with van der Waals surface area (Å²) >= 11 is 0. The molecule has 1 fully saturated rings. The first kappa shape index (κ1) is 27.9. The second kappa shape index (κ2) is 10.8. The molecule has 11 heteroatoms. The van der Waals surface area contributed by atoms with E-state index in [1.807, 2.05) is 4.90 Å². The Kier molecular flexibility index (Phi) is 7.71. The van der Waals surface area contributed by atoms with Crippen molar-refractivity contribution >= 4 is 10.9 Å². The lowest BCUT2D eigenvalue weighted by molar-refractivity contribution is -0.0869. The number of aliphatic hydroxyl groups is 2. The Labute approximate surface area is 222 Å². The van der Waals surface area contributed by atoms with Crippen LogP contribution in [0.2, 0.25) is 0 Å². The van der Waals surface area contributed by atoms with Crippen LogP contribution in [0.15, 0.2) is 30.3 Å². The van der Waals surface area contributed by atoms with Gasteiger partial charge in [-0.1, -0.05) is 0 Å². The van der Waals surface area contributed by atoms with E-state index in [9.17, 15) is 27.8 Å². The van der Waals surface area contributed by atoms with Crippen molar-refractivity contribution in [3.05, 3.63) is 70.2 Å². The van der Waals surface area contributed by atoms with Crippen LogP contribution < -0.4 is 0 Å². The van der Waals surface area contributed by atoms with Crippen molar-refractivity contribution < 1.29 is 36.6 Å². The van der Waals surface area contributed by atoms with Crippen molar-refractivity contribution in [1.82, 2.24) is 14.8 Å². The average Bonchev–Trinajstić information content (AvgIpc) is 3.21. The van der Waals surface area contributed by atoms with Gasteiger partial charge in [-0.15, -0.1) is 0 Å². The molecule has 1 unspecified atom stereocenters. The first-order valence-electron chi connectivity index (χ1n) is 13.0. The van der Waals surface area contributed by atoms with Gasteiger partial charge in [-0.25, -0.2) is 22.0 Å². The number of H-pyrrole nitrogens is 1. The summed E-state index contributed by atoms with van der Waals surface area (Å²) in [7, 11) is 0. The maximum atomic E-state index is 15.8. The third-order valence-electron chi connectivity index (χ3n) is 7.97. The minimum Gasteiger partial charge on any atom is -0.390 e. The van der Waals surface area contributed by atoms with Crippen LogP contribution >= 0.6 is 0 Å². The molecular formula is C28H31F6N3O2. The third kappa shape index (κ3) is 5.29. The Morgan fingerprint density at radius 2 is 1.79 bits per heavy atom. The van der Waals surface area contributed by atoms with Gasteiger partial charge in [-0.05, 0) is 61.2 Å². The lowest BCUT2D eigenvalue weighted by Crippen LogP contribution is -2.50. The van der Waals surface area contributed by atoms with E-state index < -0.39 is 67.0 Å². The van der Waals surface area contributed by atoms with Crippen molar-refractivity contribution in [2.24, 2.45) is 5.92 Å². The Balaban J connectivity index is 1.54. The predicted molar refractivity (Wildman–Crippen MR) is 134 cm³/mol. The van der Waals surface area contributed by atoms with E-state index in [0.717, 1.165) is 12.1 Å². The Bertz CT molecular complexity index is 1320. The second-order valence-electron chi connectivity index (χ2n) is 10.8. The molecule has 2 aliphatic rings. The average molecular weight is 556 g/mol. The van der Waals surface area contributed by atoms with E-state index in [4.69, 9.17) is 0 Å². The van der Waals surface area contributed by atoms with Gasteiger partial charge in [0.2, 0.25) is 0 Å². The molecule has 1 saturated heterocycles. The molecule has 3 atom stereocenters. The quantitative estimate of drug-likeness (QED) is 0.330. The van der Waals surface area contributed by atoms with Gasteiger partial charge in [0.15, 0.2) is 0 Å². The highest BCUT2D eigenvalue weighted by Crippen LogP contribution is 2.44. The van der Waals surface area contributed by atoms with E-state index in [-0.39, 0.29) is 23.6 Å². The van der Waals surface area contributed by atoms with Gasteiger partial charge >= 0.3 is 0 Å². The topological polar surface area (TPSA) is 62.7 Å². The summed E-state index contributed by atoms with van der Waals surface area (Å²) in [6, 6.07) is 4.12. The number of rotatable bonds is 9. The fourth-order valence-electron chi connectivity index (χ4n) is 5.98. The lowest BCUT2D eigenvalue weighted by Gasteiger charge is -2.43. The van der Waals surface area contributed by atoms with Crippen LogP contribution in [0.4, 0.5) is 26.3 Å². The van der Waals surface area contributed by atoms with Crippen LogP contribution in [0.1, 0.15) is 47.9 Å². The standard InChI is InChI=1S/C28H31F6N3O2/c1-15-7-20-19-10-18(30)3-4-23(19)35-25(20)26(37(15)13-28(33,34)14-38)24-21(31)8-16(9-22(24)32)27(39)17-11-36(12-17)6-2-5-29/h3-4,8-10,15,17,26-27,35,38-39H,2,5-7,11-14H2,1H3/t15-,26-,27?/m1/s1. The molecule has 3 N–H and O–H groups in total. The number of likely N-dealkylation sites (tertiary alicyclic amines) is 1. The van der Waals surface area contributed by atoms with Crippen LogP contribution in [-0.2, 0) is 6.42 Å². The number of aromatic nitrogens is 1. The monoisotopic (exact) mass is 555 g/mol. The summed E-state index contributed by atoms with van der Waals surface area (Å²) in [6.07, 6.45) is -0.567. The van der Waals surface area contributed by atoms with Crippen molar-refractivity contribution in [3.8, 4) is 0 Å². The van der Waals surface area contributed by atoms with Gasteiger partial charge in [0.05, 0.1) is 25.4 Å². The van der Waals surface area contributed by atoms with E-state index in [2.05, 4.69) is 4.98 Å². The number of nitrogens with zero attached hydrogens (tertiary/aromatic N) is 2. The number of fused-ring (bicyclic) bond motifs is 3. The molecule has 2 aromatic carbocycles. The van der Waals surface area contributed by atoms with E-state index >= 15 is 8.78 Å². The lowest BCUT2D eigenvalue weighted by atomic mass is 9.85. The van der Waals surface area contributed by atoms with Crippen LogP contribution in [0.3, 0.4) is 0 Å². The van der Waals surface area contributed by atoms with Crippen LogP contribution in [0, 0.1) is 23.4 Å². The molecule has 3 aromatic rings. The van der Waals surface area contributed by atoms with Crippen LogP contribution in [0.25, 0.3) is 10.9 Å². The summed E-state index contributed by atoms with van der Waals surface area (Å²) in [5.74, 6) is -6.34. The third-order valence-corrected chi connectivity index (χ3v) is 7.97. The number of halogens is 6. The molecule has 5 rings (SSSR count). The Morgan fingerprint density at radius 3 is 2.44 bits per heavy atom. The summed E-state index contributed by atoms with van der Waals surface area (Å²) < 4.78 is 86.9. The number of benzene rings is 2. The number of nitrogens with one attached hydrogen (secondary N) is 1. The number of hydrogen-bond donors (Lipinski definition) is 3. The van der Waals surface area contributed by atoms with Gasteiger partial charge in [-0.3, -0.25) is 9.29 Å². The Morgan fingerprint density at radius 1 is 1.10 bits per heavy atom. The maximum Gasteiger partial charge on any atom is 0.283 e. The number of hydrogen-bond acceptors (Lipinski definition) is 4. The molecule has 1 aromatic heterocycles. The largest absolute Gasteiger partial charge is 0.390 e. The second-order valence-corrected chi connectivity index (χ2v) is 10.8. The highest BCUT2D eigenvalue weighted by molar-refractivity contribution is 5.85. The molecule has 5 nitrogen and oxygen atoms in total. The number of aromatic amines is 1. The number of alkyl halides is 3. The van der Waals surface area contributed by atoms with E-state index in [0.29, 0.717) is 42.5 Å². The molecule has 39 heavy (non-hydrogen) atoms. The summed E-state index contributed by atoms with van der Waals surface area (Å²) in [6.45, 7) is 0.255. The summed E-state index contributed by atoms with van der Waals surface area (Å²) in [5.41, 5.74) is 0.911. The first-order chi connectivity index (χ1) is 18.5. The fraction of sp³-hybridized carbons (Fsp3) is 0.500. The van der Waals surface area contributed by atoms with Crippen LogP contribution in [0.5, 0.6) is 0 Å². The zero-order valence-electron chi connectivity index (χ0n) is 21.4. The van der Waals surface area contributed by atoms with Gasteiger partial charge in [0.25, 0.3) is 5.92 Å². The fourth-order valence-corrected chi connectivity index (χ4v) is 5.98. The molecule has 0 amide bonds. The smallest absolute Gasteiger partial charge is 0.283 e. The predicted octanol–water partition coefficient (Wildman–Crippen LogP) is 4.87. The first-order valence-corrected chi connectivity index (χ1v) is 13.0. The van der Waals surface area contributed by atoms with Crippen molar-refractivity contribution in [3.63, 3.8) is 0 Å². The molecular weight excluding hydrogens is 524 g/mol. The molecule has 2 aliphatic heterocycles. The van der Waals surface area contributed by atoms with Gasteiger partial charge in [0.1, 0.15) is 24.1 Å². The maximum absolute atomic E-state index is 15.8. The highest BCUT2D eigenvalue weighted by Gasteiger charge is 2.44. The molecule has 3 heterocycles. The van der Waals surface area contributed by atoms with E-state index in [1.165, 1.54) is 23.1 Å². The van der Waals surface area contributed by atoms with E-state index in [1.54, 1.807) is 6.92 Å². The van der Waals surface area contributed by atoms with Crippen LogP contribution in [-0.4, -0.2) is 76.4 Å². The SMILES string of the molecule is C[C@@H]1Cc2c([nH]c3ccc(F)cc23)[C@@H](c2c(F)cc(C(O)C3CN(CCCF)C3)cc2F)N1CC(F)(F)CO. The molecule has 0 spiro atoms. The zero-order valence-corrected chi connectivity index (χ0v) is 21.4. The van der Waals surface area contributed by atoms with Gasteiger partial charge < -0.3 is 20.1 Å². The molecule has 0 bridgehead atoms. The Hall–Kier alpha value is -2.60. The molecule has 0 saturated carbocycles. The van der Waals surface area contributed by atoms with Crippen molar-refractivity contribution in [2.75, 3.05) is 39.5 Å². The molecule has 212 valence electrons. The number of aliphatic hydroxyl groups excluding tert-OH is 2. The van der Waals surface area contributed by atoms with Gasteiger partial charge in [0, 0.05) is 53.8 Å². The van der Waals surface area contributed by atoms with Crippen molar-refractivity contribution in [1.29, 1.82) is 0 Å². The molecule has 0 radical (unpaired) electrons. The normalized spacial score (nSPS) is 21.8. The minimum absolute atomic E-state index is 0.0268. The minimum atomic E-state index is -3.54. The van der Waals surface area contributed by atoms with Gasteiger partial charge in [-0.2, -0.15) is 0 Å². The van der Waals surface area contributed by atoms with Crippen molar-refractivity contribution in [2.45, 2.75) is 43.9 Å². The summed E-state index contributed by atoms with van der Waals surface area (Å²) in [5, 5.41) is 20.5. The highest BCUT2D eigenvalue weighted by atomic mass is 19.3. The molecule has 0 aliphatic carbocycles.